The van der Waals surface area contributed by atoms with E-state index >= 15 is 0 Å². The molecule has 0 aromatic heterocycles. The van der Waals surface area contributed by atoms with Crippen LogP contribution in [-0.4, -0.2) is 22.9 Å². The molecule has 0 aliphatic heterocycles. The number of aliphatic hydroxyl groups is 2. The second-order valence-electron chi connectivity index (χ2n) is 5.35. The molecule has 0 saturated carbocycles. The molecule has 0 fully saturated rings. The molecular formula is C16H36O3Ti. The van der Waals surface area contributed by atoms with Gasteiger partial charge in [-0.1, -0.05) is 71.1 Å². The number of unbranched alkanes of at least 4 members (excludes halogenated alkanes) is 10. The Balaban J connectivity index is -0.000000410. The summed E-state index contributed by atoms with van der Waals surface area (Å²) in [5.41, 5.74) is 0. The van der Waals surface area contributed by atoms with Crippen LogP contribution in [0.5, 0.6) is 0 Å². The van der Waals surface area contributed by atoms with E-state index in [1.165, 1.54) is 64.2 Å². The summed E-state index contributed by atoms with van der Waals surface area (Å²) < 4.78 is 8.25. The summed E-state index contributed by atoms with van der Waals surface area (Å²) in [4.78, 5) is 0. The summed E-state index contributed by atoms with van der Waals surface area (Å²) in [5, 5.41) is 16.6. The normalized spacial score (nSPS) is 9.45. The summed E-state index contributed by atoms with van der Waals surface area (Å²) in [6, 6.07) is 0. The van der Waals surface area contributed by atoms with Crippen LogP contribution in [0.1, 0.15) is 91.4 Å². The van der Waals surface area contributed by atoms with Gasteiger partial charge in [0.05, 0.1) is 0 Å². The van der Waals surface area contributed by atoms with Gasteiger partial charge in [0.25, 0.3) is 0 Å². The van der Waals surface area contributed by atoms with E-state index in [4.69, 9.17) is 13.5 Å². The van der Waals surface area contributed by atoms with Gasteiger partial charge in [-0.2, -0.15) is 0 Å². The van der Waals surface area contributed by atoms with Gasteiger partial charge in [-0.25, -0.2) is 0 Å². The average molecular weight is 324 g/mol. The Morgan fingerprint density at radius 3 is 1.25 bits per heavy atom. The third kappa shape index (κ3) is 42.9. The van der Waals surface area contributed by atoms with Crippen molar-refractivity contribution in [3.63, 3.8) is 0 Å². The minimum atomic E-state index is -0.167. The maximum atomic E-state index is 8.59. The van der Waals surface area contributed by atoms with E-state index in [0.29, 0.717) is 6.61 Å². The topological polar surface area (TPSA) is 57.5 Å². The number of hydrogen-bond donors (Lipinski definition) is 2. The number of hydrogen-bond acceptors (Lipinski definition) is 3. The zero-order valence-electron chi connectivity index (χ0n) is 13.9. The van der Waals surface area contributed by atoms with E-state index < -0.39 is 0 Å². The molecule has 3 nitrogen and oxygen atoms in total. The predicted octanol–water partition coefficient (Wildman–Crippen LogP) is 4.56. The molecule has 0 unspecified atom stereocenters. The van der Waals surface area contributed by atoms with E-state index in [2.05, 4.69) is 6.92 Å². The molecule has 20 heavy (non-hydrogen) atoms. The van der Waals surface area contributed by atoms with Crippen molar-refractivity contribution in [1.82, 2.24) is 0 Å². The molecule has 0 rings (SSSR count). The standard InChI is InChI=1S/C13H28O.C3H8O.O.Ti/c1-2-3-4-5-6-7-8-9-10-11-12-13-14;1-3(2)4;;/h14H,2-13H2,1H3;3-4H,1-2H3;;. The van der Waals surface area contributed by atoms with Crippen LogP contribution >= 0.6 is 0 Å². The first-order valence-electron chi connectivity index (χ1n) is 8.14. The van der Waals surface area contributed by atoms with E-state index in [1.807, 2.05) is 0 Å². The Bertz CT molecular complexity index is 129. The zero-order chi connectivity index (χ0) is 16.1. The van der Waals surface area contributed by atoms with Gasteiger partial charge < -0.3 is 10.2 Å². The molecule has 0 saturated heterocycles. The van der Waals surface area contributed by atoms with Crippen molar-refractivity contribution in [1.29, 1.82) is 0 Å². The van der Waals surface area contributed by atoms with Crippen LogP contribution in [0.3, 0.4) is 0 Å². The van der Waals surface area contributed by atoms with Gasteiger partial charge in [0.1, 0.15) is 0 Å². The summed E-state index contributed by atoms with van der Waals surface area (Å²) in [5.74, 6) is 0. The summed E-state index contributed by atoms with van der Waals surface area (Å²) in [6.45, 7) is 6.08. The van der Waals surface area contributed by atoms with Gasteiger partial charge in [0, 0.05) is 12.7 Å². The predicted molar refractivity (Wildman–Crippen MR) is 81.6 cm³/mol. The van der Waals surface area contributed by atoms with Crippen molar-refractivity contribution < 1.29 is 33.9 Å². The Hall–Kier alpha value is 0.434. The molecule has 2 N–H and O–H groups in total. The van der Waals surface area contributed by atoms with Gasteiger partial charge >= 0.3 is 23.7 Å². The molecule has 0 aliphatic carbocycles. The van der Waals surface area contributed by atoms with Gasteiger partial charge in [0.15, 0.2) is 0 Å². The maximum absolute atomic E-state index is 8.59. The molecule has 0 aromatic rings. The molecule has 0 radical (unpaired) electrons. The molecule has 0 aromatic carbocycles. The van der Waals surface area contributed by atoms with E-state index in [-0.39, 0.29) is 6.10 Å². The van der Waals surface area contributed by atoms with E-state index in [9.17, 15) is 0 Å². The van der Waals surface area contributed by atoms with E-state index in [0.717, 1.165) is 26.8 Å². The zero-order valence-corrected chi connectivity index (χ0v) is 15.4. The first kappa shape index (κ1) is 25.4. The molecular weight excluding hydrogens is 288 g/mol. The molecule has 0 aliphatic rings. The Kier molecular flexibility index (Phi) is 35.2. The molecule has 0 bridgehead atoms. The van der Waals surface area contributed by atoms with Crippen LogP contribution in [0.25, 0.3) is 0 Å². The summed E-state index contributed by atoms with van der Waals surface area (Å²) >= 11 is 0.750. The second-order valence-corrected chi connectivity index (χ2v) is 5.35. The third-order valence-electron chi connectivity index (χ3n) is 2.76. The Morgan fingerprint density at radius 2 is 1.00 bits per heavy atom. The SMILES string of the molecule is CC(C)O.CCCCCCCCCCCCCO.[O]=[Ti]. The van der Waals surface area contributed by atoms with Gasteiger partial charge in [-0.05, 0) is 20.3 Å². The third-order valence-corrected chi connectivity index (χ3v) is 2.76. The molecule has 0 heterocycles. The quantitative estimate of drug-likeness (QED) is 0.433. The summed E-state index contributed by atoms with van der Waals surface area (Å²) in [7, 11) is 0. The van der Waals surface area contributed by atoms with Gasteiger partial charge in [-0.3, -0.25) is 0 Å². The van der Waals surface area contributed by atoms with Crippen molar-refractivity contribution in [2.45, 2.75) is 97.5 Å². The van der Waals surface area contributed by atoms with Crippen LogP contribution in [0.2, 0.25) is 0 Å². The van der Waals surface area contributed by atoms with Gasteiger partial charge in [-0.15, -0.1) is 0 Å². The average Bonchev–Trinajstić information content (AvgIpc) is 2.43. The Morgan fingerprint density at radius 1 is 0.750 bits per heavy atom. The molecule has 122 valence electrons. The first-order chi connectivity index (χ1) is 9.65. The fourth-order valence-corrected chi connectivity index (χ4v) is 1.78. The monoisotopic (exact) mass is 324 g/mol. The van der Waals surface area contributed by atoms with Crippen molar-refractivity contribution in [3.8, 4) is 0 Å². The fraction of sp³-hybridized carbons (Fsp3) is 1.00. The van der Waals surface area contributed by atoms with Crippen LogP contribution in [-0.2, 0) is 23.7 Å². The van der Waals surface area contributed by atoms with Crippen molar-refractivity contribution >= 4 is 0 Å². The Labute approximate surface area is 138 Å². The fourth-order valence-electron chi connectivity index (χ4n) is 1.78. The summed E-state index contributed by atoms with van der Waals surface area (Å²) in [6.07, 6.45) is 14.6. The first-order valence-corrected chi connectivity index (χ1v) is 8.78. The van der Waals surface area contributed by atoms with Crippen LogP contribution in [0.4, 0.5) is 0 Å². The second kappa shape index (κ2) is 27.7. The van der Waals surface area contributed by atoms with Gasteiger partial charge in [0.2, 0.25) is 0 Å². The number of aliphatic hydroxyl groups excluding tert-OH is 2. The number of rotatable bonds is 11. The van der Waals surface area contributed by atoms with Crippen molar-refractivity contribution in [2.75, 3.05) is 6.61 Å². The van der Waals surface area contributed by atoms with Crippen LogP contribution in [0.15, 0.2) is 0 Å². The van der Waals surface area contributed by atoms with Crippen LogP contribution in [0, 0.1) is 0 Å². The van der Waals surface area contributed by atoms with E-state index in [1.54, 1.807) is 13.8 Å². The van der Waals surface area contributed by atoms with Crippen molar-refractivity contribution in [2.24, 2.45) is 0 Å². The van der Waals surface area contributed by atoms with Crippen LogP contribution < -0.4 is 0 Å². The molecule has 4 heteroatoms. The minimum absolute atomic E-state index is 0.167. The molecule has 0 amide bonds. The molecule has 0 spiro atoms. The van der Waals surface area contributed by atoms with Crippen molar-refractivity contribution in [3.05, 3.63) is 0 Å². The molecule has 0 atom stereocenters.